The van der Waals surface area contributed by atoms with E-state index in [0.717, 1.165) is 18.9 Å². The number of nitrogens with one attached hydrogen (secondary N) is 1. The monoisotopic (exact) mass is 219 g/mol. The topological polar surface area (TPSA) is 28.2 Å². The van der Waals surface area contributed by atoms with Crippen LogP contribution in [0.5, 0.6) is 0 Å². The first-order valence-corrected chi connectivity index (χ1v) is 6.21. The molecule has 1 N–H and O–H groups in total. The van der Waals surface area contributed by atoms with Crippen LogP contribution in [-0.2, 0) is 0 Å². The van der Waals surface area contributed by atoms with Crippen LogP contribution in [0.1, 0.15) is 37.8 Å². The average molecular weight is 219 g/mol. The maximum atomic E-state index is 4.51. The van der Waals surface area contributed by atoms with Crippen molar-refractivity contribution < 1.29 is 0 Å². The van der Waals surface area contributed by atoms with Crippen LogP contribution < -0.4 is 10.2 Å². The molecule has 88 valence electrons. The molecule has 1 saturated heterocycles. The first-order chi connectivity index (χ1) is 7.81. The van der Waals surface area contributed by atoms with Gasteiger partial charge in [0.1, 0.15) is 5.82 Å². The smallest absolute Gasteiger partial charge is 0.128 e. The molecule has 0 radical (unpaired) electrons. The number of hydrogen-bond acceptors (Lipinski definition) is 3. The predicted octanol–water partition coefficient (Wildman–Crippen LogP) is 2.35. The first kappa shape index (κ1) is 11.4. The standard InChI is InChI=1S/C13H21N3/c1-3-16(2)13-8-7-11(10-15-13)12-6-4-5-9-14-12/h7-8,10,12,14H,3-6,9H2,1-2H3. The molecular formula is C13H21N3. The summed E-state index contributed by atoms with van der Waals surface area (Å²) in [4.78, 5) is 6.66. The zero-order chi connectivity index (χ0) is 11.4. The van der Waals surface area contributed by atoms with Gasteiger partial charge in [-0.2, -0.15) is 0 Å². The highest BCUT2D eigenvalue weighted by Crippen LogP contribution is 2.23. The van der Waals surface area contributed by atoms with Crippen molar-refractivity contribution in [3.05, 3.63) is 23.9 Å². The third kappa shape index (κ3) is 2.53. The van der Waals surface area contributed by atoms with E-state index in [4.69, 9.17) is 0 Å². The molecule has 1 aromatic rings. The molecule has 1 fully saturated rings. The number of nitrogens with zero attached hydrogens (tertiary/aromatic N) is 2. The van der Waals surface area contributed by atoms with Gasteiger partial charge in [0.15, 0.2) is 0 Å². The molecule has 2 rings (SSSR count). The minimum atomic E-state index is 0.516. The minimum Gasteiger partial charge on any atom is -0.360 e. The quantitative estimate of drug-likeness (QED) is 0.846. The number of piperidine rings is 1. The average Bonchev–Trinajstić information content (AvgIpc) is 2.39. The van der Waals surface area contributed by atoms with Gasteiger partial charge in [-0.05, 0) is 37.9 Å². The van der Waals surface area contributed by atoms with E-state index in [9.17, 15) is 0 Å². The molecule has 16 heavy (non-hydrogen) atoms. The number of rotatable bonds is 3. The van der Waals surface area contributed by atoms with Gasteiger partial charge in [-0.3, -0.25) is 0 Å². The van der Waals surface area contributed by atoms with E-state index in [1.54, 1.807) is 0 Å². The third-order valence-electron chi connectivity index (χ3n) is 3.35. The van der Waals surface area contributed by atoms with Crippen LogP contribution in [0, 0.1) is 0 Å². The van der Waals surface area contributed by atoms with Crippen molar-refractivity contribution in [2.24, 2.45) is 0 Å². The molecule has 3 heteroatoms. The first-order valence-electron chi connectivity index (χ1n) is 6.21. The second-order valence-electron chi connectivity index (χ2n) is 4.47. The molecule has 0 aliphatic carbocycles. The second-order valence-corrected chi connectivity index (χ2v) is 4.47. The number of anilines is 1. The van der Waals surface area contributed by atoms with Crippen LogP contribution in [0.25, 0.3) is 0 Å². The van der Waals surface area contributed by atoms with Gasteiger partial charge in [-0.15, -0.1) is 0 Å². The molecule has 1 atom stereocenters. The lowest BCUT2D eigenvalue weighted by Crippen LogP contribution is -2.27. The van der Waals surface area contributed by atoms with E-state index in [2.05, 4.69) is 41.3 Å². The zero-order valence-corrected chi connectivity index (χ0v) is 10.2. The van der Waals surface area contributed by atoms with Crippen molar-refractivity contribution in [3.8, 4) is 0 Å². The second kappa shape index (κ2) is 5.30. The van der Waals surface area contributed by atoms with Crippen molar-refractivity contribution in [3.63, 3.8) is 0 Å². The fraction of sp³-hybridized carbons (Fsp3) is 0.615. The van der Waals surface area contributed by atoms with Gasteiger partial charge < -0.3 is 10.2 Å². The van der Waals surface area contributed by atoms with Crippen molar-refractivity contribution in [1.29, 1.82) is 0 Å². The fourth-order valence-corrected chi connectivity index (χ4v) is 2.13. The minimum absolute atomic E-state index is 0.516. The molecular weight excluding hydrogens is 198 g/mol. The summed E-state index contributed by atoms with van der Waals surface area (Å²) in [6, 6.07) is 4.84. The summed E-state index contributed by atoms with van der Waals surface area (Å²) >= 11 is 0. The number of pyridine rings is 1. The van der Waals surface area contributed by atoms with E-state index in [1.165, 1.54) is 24.8 Å². The largest absolute Gasteiger partial charge is 0.360 e. The highest BCUT2D eigenvalue weighted by molar-refractivity contribution is 5.38. The molecule has 0 saturated carbocycles. The molecule has 1 unspecified atom stereocenters. The van der Waals surface area contributed by atoms with Crippen LogP contribution in [0.2, 0.25) is 0 Å². The molecule has 1 aromatic heterocycles. The highest BCUT2D eigenvalue weighted by Gasteiger charge is 2.14. The van der Waals surface area contributed by atoms with Crippen molar-refractivity contribution in [2.75, 3.05) is 25.0 Å². The summed E-state index contributed by atoms with van der Waals surface area (Å²) in [6.07, 6.45) is 5.89. The molecule has 1 aliphatic rings. The highest BCUT2D eigenvalue weighted by atomic mass is 15.1. The SMILES string of the molecule is CCN(C)c1ccc(C2CCCCN2)cn1. The lowest BCUT2D eigenvalue weighted by Gasteiger charge is -2.24. The zero-order valence-electron chi connectivity index (χ0n) is 10.2. The van der Waals surface area contributed by atoms with Gasteiger partial charge >= 0.3 is 0 Å². The van der Waals surface area contributed by atoms with Gasteiger partial charge in [0.05, 0.1) is 0 Å². The summed E-state index contributed by atoms with van der Waals surface area (Å²) in [6.45, 7) is 4.27. The van der Waals surface area contributed by atoms with Crippen LogP contribution in [-0.4, -0.2) is 25.1 Å². The molecule has 0 spiro atoms. The Labute approximate surface area is 97.9 Å². The Balaban J connectivity index is 2.06. The maximum Gasteiger partial charge on any atom is 0.128 e. The molecule has 3 nitrogen and oxygen atoms in total. The van der Waals surface area contributed by atoms with Crippen LogP contribution >= 0.6 is 0 Å². The summed E-state index contributed by atoms with van der Waals surface area (Å²) in [5.41, 5.74) is 1.33. The number of hydrogen-bond donors (Lipinski definition) is 1. The Bertz CT molecular complexity index is 314. The van der Waals surface area contributed by atoms with Gasteiger partial charge in [-0.25, -0.2) is 4.98 Å². The van der Waals surface area contributed by atoms with E-state index < -0.39 is 0 Å². The molecule has 0 aromatic carbocycles. The Morgan fingerprint density at radius 2 is 2.31 bits per heavy atom. The fourth-order valence-electron chi connectivity index (χ4n) is 2.13. The van der Waals surface area contributed by atoms with E-state index >= 15 is 0 Å². The van der Waals surface area contributed by atoms with E-state index in [0.29, 0.717) is 6.04 Å². The Hall–Kier alpha value is -1.09. The van der Waals surface area contributed by atoms with Crippen molar-refractivity contribution >= 4 is 5.82 Å². The van der Waals surface area contributed by atoms with Crippen molar-refractivity contribution in [2.45, 2.75) is 32.2 Å². The van der Waals surface area contributed by atoms with Gasteiger partial charge in [0.2, 0.25) is 0 Å². The summed E-state index contributed by atoms with van der Waals surface area (Å²) in [5.74, 6) is 1.06. The van der Waals surface area contributed by atoms with Gasteiger partial charge in [-0.1, -0.05) is 12.5 Å². The van der Waals surface area contributed by atoms with Crippen LogP contribution in [0.4, 0.5) is 5.82 Å². The molecule has 1 aliphatic heterocycles. The number of aromatic nitrogens is 1. The normalized spacial score (nSPS) is 20.8. The summed E-state index contributed by atoms with van der Waals surface area (Å²) in [5, 5.41) is 3.54. The Kier molecular flexibility index (Phi) is 3.78. The Morgan fingerprint density at radius 1 is 1.44 bits per heavy atom. The summed E-state index contributed by atoms with van der Waals surface area (Å²) in [7, 11) is 2.07. The third-order valence-corrected chi connectivity index (χ3v) is 3.35. The van der Waals surface area contributed by atoms with Crippen molar-refractivity contribution in [1.82, 2.24) is 10.3 Å². The lowest BCUT2D eigenvalue weighted by atomic mass is 9.99. The molecule has 2 heterocycles. The van der Waals surface area contributed by atoms with Crippen LogP contribution in [0.3, 0.4) is 0 Å². The van der Waals surface area contributed by atoms with E-state index in [-0.39, 0.29) is 0 Å². The summed E-state index contributed by atoms with van der Waals surface area (Å²) < 4.78 is 0. The van der Waals surface area contributed by atoms with Crippen LogP contribution in [0.15, 0.2) is 18.3 Å². The predicted molar refractivity (Wildman–Crippen MR) is 67.8 cm³/mol. The Morgan fingerprint density at radius 3 is 2.88 bits per heavy atom. The van der Waals surface area contributed by atoms with Gasteiger partial charge in [0.25, 0.3) is 0 Å². The molecule has 0 amide bonds. The van der Waals surface area contributed by atoms with E-state index in [1.807, 2.05) is 6.20 Å². The molecule has 0 bridgehead atoms. The maximum absolute atomic E-state index is 4.51. The lowest BCUT2D eigenvalue weighted by molar-refractivity contribution is 0.411. The van der Waals surface area contributed by atoms with Gasteiger partial charge in [0, 0.05) is 25.8 Å².